The number of amides is 2. The second kappa shape index (κ2) is 14.1. The van der Waals surface area contributed by atoms with E-state index in [9.17, 15) is 19.2 Å². The second-order valence-corrected chi connectivity index (χ2v) is 4.86. The van der Waals surface area contributed by atoms with Crippen LogP contribution in [0.25, 0.3) is 0 Å². The van der Waals surface area contributed by atoms with E-state index in [0.717, 1.165) is 11.4 Å². The molecule has 0 saturated carbocycles. The number of aromatic nitrogens is 2. The summed E-state index contributed by atoms with van der Waals surface area (Å²) in [4.78, 5) is 47.7. The van der Waals surface area contributed by atoms with Gasteiger partial charge in [-0.1, -0.05) is 0 Å². The Bertz CT molecular complexity index is 727. The fourth-order valence-electron chi connectivity index (χ4n) is 1.42. The van der Waals surface area contributed by atoms with Gasteiger partial charge in [0.15, 0.2) is 0 Å². The Hall–Kier alpha value is -4.08. The van der Waals surface area contributed by atoms with Crippen LogP contribution in [0.2, 0.25) is 0 Å². The summed E-state index contributed by atoms with van der Waals surface area (Å²) in [5, 5.41) is 20.8. The zero-order chi connectivity index (χ0) is 21.4. The number of carbonyl (C=O) groups excluding carboxylic acids is 2. The van der Waals surface area contributed by atoms with E-state index < -0.39 is 11.9 Å². The summed E-state index contributed by atoms with van der Waals surface area (Å²) in [5.41, 5.74) is 1.46. The Morgan fingerprint density at radius 1 is 0.786 bits per heavy atom. The summed E-state index contributed by atoms with van der Waals surface area (Å²) in [6, 6.07) is 7.11. The molecule has 0 fully saturated rings. The largest absolute Gasteiger partial charge is 0.478 e. The van der Waals surface area contributed by atoms with Crippen LogP contribution in [0.3, 0.4) is 0 Å². The van der Waals surface area contributed by atoms with Gasteiger partial charge in [0.2, 0.25) is 11.8 Å². The first kappa shape index (κ1) is 23.9. The van der Waals surface area contributed by atoms with Crippen molar-refractivity contribution >= 4 is 35.1 Å². The van der Waals surface area contributed by atoms with Crippen molar-refractivity contribution in [1.82, 2.24) is 9.97 Å². The van der Waals surface area contributed by atoms with E-state index in [1.54, 1.807) is 49.1 Å². The molecule has 0 radical (unpaired) electrons. The molecule has 0 aliphatic carbocycles. The average molecular weight is 388 g/mol. The van der Waals surface area contributed by atoms with Crippen molar-refractivity contribution in [3.05, 3.63) is 61.2 Å². The van der Waals surface area contributed by atoms with Crippen molar-refractivity contribution in [2.24, 2.45) is 0 Å². The summed E-state index contributed by atoms with van der Waals surface area (Å²) in [6.45, 7) is 2.93. The minimum atomic E-state index is -1.26. The Balaban J connectivity index is 0.000000394. The highest BCUT2D eigenvalue weighted by atomic mass is 16.4. The third kappa shape index (κ3) is 15.4. The van der Waals surface area contributed by atoms with Crippen LogP contribution in [-0.2, 0) is 19.2 Å². The summed E-state index contributed by atoms with van der Waals surface area (Å²) in [6.07, 6.45) is 7.63. The number of pyridine rings is 2. The molecule has 0 aliphatic rings. The van der Waals surface area contributed by atoms with Crippen LogP contribution < -0.4 is 10.6 Å². The van der Waals surface area contributed by atoms with Crippen LogP contribution in [-0.4, -0.2) is 43.9 Å². The van der Waals surface area contributed by atoms with Crippen LogP contribution in [0.5, 0.6) is 0 Å². The molecule has 0 bridgehead atoms. The molecule has 4 N–H and O–H groups in total. The number of hydrogen-bond acceptors (Lipinski definition) is 6. The van der Waals surface area contributed by atoms with Gasteiger partial charge in [-0.05, 0) is 24.3 Å². The minimum Gasteiger partial charge on any atom is -0.478 e. The molecule has 0 spiro atoms. The maximum absolute atomic E-state index is 10.5. The molecule has 10 nitrogen and oxygen atoms in total. The molecule has 2 rings (SSSR count). The van der Waals surface area contributed by atoms with Crippen LogP contribution in [0.1, 0.15) is 13.8 Å². The van der Waals surface area contributed by atoms with Gasteiger partial charge in [-0.3, -0.25) is 19.6 Å². The molecule has 2 aromatic rings. The first-order chi connectivity index (χ1) is 13.2. The molecule has 0 aliphatic heterocycles. The smallest absolute Gasteiger partial charge is 0.328 e. The lowest BCUT2D eigenvalue weighted by Gasteiger charge is -1.97. The van der Waals surface area contributed by atoms with Crippen molar-refractivity contribution in [2.75, 3.05) is 10.6 Å². The summed E-state index contributed by atoms with van der Waals surface area (Å²) in [7, 11) is 0. The quantitative estimate of drug-likeness (QED) is 0.577. The number of carboxylic acid groups (broad SMARTS) is 2. The van der Waals surface area contributed by atoms with Gasteiger partial charge in [-0.2, -0.15) is 0 Å². The number of carboxylic acids is 2. The van der Waals surface area contributed by atoms with E-state index >= 15 is 0 Å². The number of nitrogens with one attached hydrogen (secondary N) is 2. The average Bonchev–Trinajstić information content (AvgIpc) is 2.62. The maximum atomic E-state index is 10.5. The zero-order valence-electron chi connectivity index (χ0n) is 15.2. The monoisotopic (exact) mass is 388 g/mol. The van der Waals surface area contributed by atoms with E-state index in [-0.39, 0.29) is 11.8 Å². The van der Waals surface area contributed by atoms with Gasteiger partial charge in [0.1, 0.15) is 0 Å². The molecule has 0 saturated heterocycles. The third-order valence-electron chi connectivity index (χ3n) is 2.33. The Morgan fingerprint density at radius 3 is 1.36 bits per heavy atom. The molecular formula is C18H20N4O6. The first-order valence-corrected chi connectivity index (χ1v) is 7.70. The number of hydrogen-bond donors (Lipinski definition) is 4. The normalized spacial score (nSPS) is 9.07. The van der Waals surface area contributed by atoms with E-state index in [0.29, 0.717) is 12.2 Å². The van der Waals surface area contributed by atoms with Crippen LogP contribution in [0.15, 0.2) is 61.2 Å². The molecule has 148 valence electrons. The van der Waals surface area contributed by atoms with Gasteiger partial charge in [0.25, 0.3) is 0 Å². The topological polar surface area (TPSA) is 159 Å². The van der Waals surface area contributed by atoms with Gasteiger partial charge < -0.3 is 20.8 Å². The predicted octanol–water partition coefficient (Wildman–Crippen LogP) is 1.79. The fraction of sp³-hybridized carbons (Fsp3) is 0.111. The molecule has 2 aromatic heterocycles. The Kier molecular flexibility index (Phi) is 12.1. The number of carbonyl (C=O) groups is 4. The molecular weight excluding hydrogens is 368 g/mol. The molecule has 10 heteroatoms. The van der Waals surface area contributed by atoms with Gasteiger partial charge in [0.05, 0.1) is 23.8 Å². The fourth-order valence-corrected chi connectivity index (χ4v) is 1.42. The van der Waals surface area contributed by atoms with Crippen molar-refractivity contribution in [3.63, 3.8) is 0 Å². The van der Waals surface area contributed by atoms with Crippen molar-refractivity contribution in [2.45, 2.75) is 13.8 Å². The number of aliphatic carboxylic acids is 2. The van der Waals surface area contributed by atoms with Crippen LogP contribution in [0.4, 0.5) is 11.4 Å². The molecule has 0 unspecified atom stereocenters. The highest BCUT2D eigenvalue weighted by Gasteiger charge is 1.92. The van der Waals surface area contributed by atoms with Crippen molar-refractivity contribution in [3.8, 4) is 0 Å². The summed E-state index contributed by atoms with van der Waals surface area (Å²) < 4.78 is 0. The molecule has 0 atom stereocenters. The second-order valence-electron chi connectivity index (χ2n) is 4.86. The summed E-state index contributed by atoms with van der Waals surface area (Å²) >= 11 is 0. The lowest BCUT2D eigenvalue weighted by atomic mass is 10.4. The predicted molar refractivity (Wildman–Crippen MR) is 101 cm³/mol. The number of rotatable bonds is 4. The zero-order valence-corrected chi connectivity index (χ0v) is 15.2. The van der Waals surface area contributed by atoms with E-state index in [1.807, 2.05) is 0 Å². The lowest BCUT2D eigenvalue weighted by molar-refractivity contribution is -0.134. The van der Waals surface area contributed by atoms with E-state index in [2.05, 4.69) is 20.6 Å². The highest BCUT2D eigenvalue weighted by molar-refractivity contribution is 5.90. The Labute approximate surface area is 161 Å². The standard InChI is InChI=1S/2C7H8N2O.C4H4O4/c2*1-6(10)9-7-3-2-4-8-5-7;5-3(6)1-2-4(7)8/h2*2-5H,1H3,(H,9,10);1-2H,(H,5,6)(H,7,8)/b;;2-1+. The van der Waals surface area contributed by atoms with Gasteiger partial charge in [0, 0.05) is 38.4 Å². The number of nitrogens with zero attached hydrogens (tertiary/aromatic N) is 2. The van der Waals surface area contributed by atoms with Gasteiger partial charge >= 0.3 is 11.9 Å². The van der Waals surface area contributed by atoms with Crippen LogP contribution >= 0.6 is 0 Å². The molecule has 2 heterocycles. The molecule has 0 aromatic carbocycles. The minimum absolute atomic E-state index is 0.0759. The first-order valence-electron chi connectivity index (χ1n) is 7.70. The maximum Gasteiger partial charge on any atom is 0.328 e. The van der Waals surface area contributed by atoms with Crippen LogP contribution in [0, 0.1) is 0 Å². The van der Waals surface area contributed by atoms with E-state index in [1.165, 1.54) is 13.8 Å². The Morgan fingerprint density at radius 2 is 1.14 bits per heavy atom. The lowest BCUT2D eigenvalue weighted by Crippen LogP contribution is -2.05. The SMILES string of the molecule is CC(=O)Nc1cccnc1.CC(=O)Nc1cccnc1.O=C(O)/C=C/C(=O)O. The third-order valence-corrected chi connectivity index (χ3v) is 2.33. The summed E-state index contributed by atoms with van der Waals surface area (Å²) in [5.74, 6) is -2.67. The molecule has 28 heavy (non-hydrogen) atoms. The van der Waals surface area contributed by atoms with Gasteiger partial charge in [-0.25, -0.2) is 9.59 Å². The van der Waals surface area contributed by atoms with Gasteiger partial charge in [-0.15, -0.1) is 0 Å². The molecule has 2 amide bonds. The van der Waals surface area contributed by atoms with E-state index in [4.69, 9.17) is 10.2 Å². The highest BCUT2D eigenvalue weighted by Crippen LogP contribution is 2.01. The van der Waals surface area contributed by atoms with Crippen molar-refractivity contribution < 1.29 is 29.4 Å². The van der Waals surface area contributed by atoms with Crippen molar-refractivity contribution in [1.29, 1.82) is 0 Å². The number of anilines is 2.